The number of hydrogen-bond donors (Lipinski definition) is 0. The largest absolute Gasteiger partial charge is 0.493 e. The summed E-state index contributed by atoms with van der Waals surface area (Å²) in [4.78, 5) is 13.9. The summed E-state index contributed by atoms with van der Waals surface area (Å²) < 4.78 is 15.6. The fraction of sp³-hybridized carbons (Fsp3) is 0.533. The molecule has 2 rings (SSSR count). The van der Waals surface area contributed by atoms with Gasteiger partial charge in [-0.05, 0) is 36.6 Å². The number of benzene rings is 1. The van der Waals surface area contributed by atoms with Gasteiger partial charge in [-0.2, -0.15) is 0 Å². The summed E-state index contributed by atoms with van der Waals surface area (Å²) in [5, 5.41) is 0. The second-order valence-electron chi connectivity index (χ2n) is 4.85. The van der Waals surface area contributed by atoms with Crippen LogP contribution < -0.4 is 9.47 Å². The van der Waals surface area contributed by atoms with Crippen molar-refractivity contribution in [2.24, 2.45) is 0 Å². The molecule has 20 heavy (non-hydrogen) atoms. The molecule has 0 saturated heterocycles. The number of fused-ring (bicyclic) bond motifs is 1. The minimum Gasteiger partial charge on any atom is -0.493 e. The maximum Gasteiger partial charge on any atom is 0.249 e. The lowest BCUT2D eigenvalue weighted by molar-refractivity contribution is -0.137. The van der Waals surface area contributed by atoms with E-state index in [0.717, 1.165) is 17.7 Å². The number of nitrogens with zero attached hydrogens (tertiary/aromatic N) is 1. The molecule has 0 spiro atoms. The molecule has 1 unspecified atom stereocenters. The van der Waals surface area contributed by atoms with Crippen LogP contribution in [-0.4, -0.2) is 45.3 Å². The van der Waals surface area contributed by atoms with Crippen molar-refractivity contribution < 1.29 is 19.0 Å². The smallest absolute Gasteiger partial charge is 0.249 e. The van der Waals surface area contributed by atoms with Gasteiger partial charge in [0.25, 0.3) is 0 Å². The van der Waals surface area contributed by atoms with Gasteiger partial charge in [-0.25, -0.2) is 0 Å². The quantitative estimate of drug-likeness (QED) is 0.843. The molecule has 0 N–H and O–H groups in total. The molecule has 1 aliphatic heterocycles. The molecule has 0 aliphatic carbocycles. The van der Waals surface area contributed by atoms with E-state index in [1.807, 2.05) is 24.0 Å². The van der Waals surface area contributed by atoms with E-state index in [1.165, 1.54) is 12.7 Å². The Morgan fingerprint density at radius 2 is 1.90 bits per heavy atom. The van der Waals surface area contributed by atoms with E-state index < -0.39 is 0 Å². The number of amides is 1. The zero-order valence-electron chi connectivity index (χ0n) is 12.4. The van der Waals surface area contributed by atoms with Crippen molar-refractivity contribution >= 4 is 5.91 Å². The molecule has 1 heterocycles. The molecule has 0 aromatic heterocycles. The van der Waals surface area contributed by atoms with Crippen molar-refractivity contribution in [3.63, 3.8) is 0 Å². The third-order valence-corrected chi connectivity index (χ3v) is 3.77. The van der Waals surface area contributed by atoms with E-state index in [1.54, 1.807) is 14.2 Å². The second-order valence-corrected chi connectivity index (χ2v) is 4.85. The lowest BCUT2D eigenvalue weighted by Crippen LogP contribution is -2.40. The van der Waals surface area contributed by atoms with Crippen LogP contribution in [0.5, 0.6) is 11.5 Å². The van der Waals surface area contributed by atoms with Crippen molar-refractivity contribution in [3.05, 3.63) is 23.3 Å². The molecule has 1 aliphatic rings. The summed E-state index contributed by atoms with van der Waals surface area (Å²) in [5.74, 6) is 1.44. The van der Waals surface area contributed by atoms with E-state index in [0.29, 0.717) is 12.3 Å². The van der Waals surface area contributed by atoms with E-state index in [2.05, 4.69) is 0 Å². The fourth-order valence-corrected chi connectivity index (χ4v) is 2.69. The number of ether oxygens (including phenoxy) is 3. The molecule has 110 valence electrons. The first kappa shape index (κ1) is 14.7. The molecule has 1 amide bonds. The third-order valence-electron chi connectivity index (χ3n) is 3.77. The number of hydrogen-bond acceptors (Lipinski definition) is 4. The number of methoxy groups -OCH3 is 3. The Morgan fingerprint density at radius 1 is 1.25 bits per heavy atom. The Balaban J connectivity index is 2.33. The number of rotatable bonds is 4. The molecular formula is C15H21NO4. The highest BCUT2D eigenvalue weighted by atomic mass is 16.5. The highest BCUT2D eigenvalue weighted by molar-refractivity contribution is 5.78. The summed E-state index contributed by atoms with van der Waals surface area (Å²) in [6.07, 6.45) is 0.815. The number of carbonyl (C=O) groups excluding carboxylic acids is 1. The monoisotopic (exact) mass is 279 g/mol. The van der Waals surface area contributed by atoms with Crippen LogP contribution in [0.15, 0.2) is 12.1 Å². The van der Waals surface area contributed by atoms with Crippen LogP contribution in [-0.2, 0) is 16.0 Å². The molecule has 0 fully saturated rings. The summed E-state index contributed by atoms with van der Waals surface area (Å²) in [6, 6.07) is 3.98. The van der Waals surface area contributed by atoms with Crippen molar-refractivity contribution in [1.82, 2.24) is 4.90 Å². The minimum atomic E-state index is 0.0143. The van der Waals surface area contributed by atoms with Crippen LogP contribution in [0.1, 0.15) is 24.1 Å². The first-order chi connectivity index (χ1) is 9.62. The Hall–Kier alpha value is -1.75. The first-order valence-electron chi connectivity index (χ1n) is 6.65. The molecule has 0 radical (unpaired) electrons. The maximum atomic E-state index is 12.0. The van der Waals surface area contributed by atoms with E-state index in [-0.39, 0.29) is 18.6 Å². The van der Waals surface area contributed by atoms with Crippen molar-refractivity contribution in [2.75, 3.05) is 34.5 Å². The molecule has 1 aromatic carbocycles. The molecular weight excluding hydrogens is 258 g/mol. The third kappa shape index (κ3) is 2.58. The van der Waals surface area contributed by atoms with Crippen LogP contribution in [0.2, 0.25) is 0 Å². The van der Waals surface area contributed by atoms with E-state index in [4.69, 9.17) is 14.2 Å². The SMILES string of the molecule is COCC(=O)N1CCc2cc(OC)c(OC)cc2C1C. The summed E-state index contributed by atoms with van der Waals surface area (Å²) in [6.45, 7) is 2.84. The van der Waals surface area contributed by atoms with Crippen LogP contribution in [0.25, 0.3) is 0 Å². The maximum absolute atomic E-state index is 12.0. The van der Waals surface area contributed by atoms with Gasteiger partial charge in [0.05, 0.1) is 20.3 Å². The predicted octanol–water partition coefficient (Wildman–Crippen LogP) is 1.80. The van der Waals surface area contributed by atoms with Crippen molar-refractivity contribution in [3.8, 4) is 11.5 Å². The molecule has 0 saturated carbocycles. The van der Waals surface area contributed by atoms with Crippen LogP contribution in [0, 0.1) is 0 Å². The lowest BCUT2D eigenvalue weighted by atomic mass is 9.92. The Kier molecular flexibility index (Phi) is 4.49. The summed E-state index contributed by atoms with van der Waals surface area (Å²) >= 11 is 0. The van der Waals surface area contributed by atoms with Gasteiger partial charge in [0, 0.05) is 13.7 Å². The van der Waals surface area contributed by atoms with Crippen molar-refractivity contribution in [2.45, 2.75) is 19.4 Å². The molecule has 1 aromatic rings. The van der Waals surface area contributed by atoms with Gasteiger partial charge in [-0.15, -0.1) is 0 Å². The highest BCUT2D eigenvalue weighted by Crippen LogP contribution is 2.37. The Morgan fingerprint density at radius 3 is 2.50 bits per heavy atom. The standard InChI is InChI=1S/C15H21NO4/c1-10-12-8-14(20-4)13(19-3)7-11(12)5-6-16(10)15(17)9-18-2/h7-8,10H,5-6,9H2,1-4H3. The van der Waals surface area contributed by atoms with Gasteiger partial charge < -0.3 is 19.1 Å². The summed E-state index contributed by atoms with van der Waals surface area (Å²) in [7, 11) is 4.78. The van der Waals surface area contributed by atoms with Gasteiger partial charge in [-0.3, -0.25) is 4.79 Å². The predicted molar refractivity (Wildman–Crippen MR) is 75.3 cm³/mol. The fourth-order valence-electron chi connectivity index (χ4n) is 2.69. The molecule has 5 nitrogen and oxygen atoms in total. The van der Waals surface area contributed by atoms with Crippen LogP contribution in [0.3, 0.4) is 0 Å². The normalized spacial score (nSPS) is 17.6. The van der Waals surface area contributed by atoms with Gasteiger partial charge in [0.15, 0.2) is 11.5 Å². The molecule has 1 atom stereocenters. The topological polar surface area (TPSA) is 48.0 Å². The Labute approximate surface area is 119 Å². The molecule has 5 heteroatoms. The van der Waals surface area contributed by atoms with Crippen LogP contribution >= 0.6 is 0 Å². The van der Waals surface area contributed by atoms with Gasteiger partial charge in [-0.1, -0.05) is 0 Å². The highest BCUT2D eigenvalue weighted by Gasteiger charge is 2.28. The van der Waals surface area contributed by atoms with Crippen molar-refractivity contribution in [1.29, 1.82) is 0 Å². The number of carbonyl (C=O) groups is 1. The zero-order chi connectivity index (χ0) is 14.7. The summed E-state index contributed by atoms with van der Waals surface area (Å²) in [5.41, 5.74) is 2.31. The Bertz CT molecular complexity index is 501. The average molecular weight is 279 g/mol. The lowest BCUT2D eigenvalue weighted by Gasteiger charge is -2.35. The van der Waals surface area contributed by atoms with Crippen LogP contribution in [0.4, 0.5) is 0 Å². The minimum absolute atomic E-state index is 0.0143. The van der Waals surface area contributed by atoms with Gasteiger partial charge in [0.2, 0.25) is 5.91 Å². The van der Waals surface area contributed by atoms with E-state index in [9.17, 15) is 4.79 Å². The van der Waals surface area contributed by atoms with Gasteiger partial charge in [0.1, 0.15) is 6.61 Å². The van der Waals surface area contributed by atoms with E-state index >= 15 is 0 Å². The van der Waals surface area contributed by atoms with Gasteiger partial charge >= 0.3 is 0 Å². The zero-order valence-corrected chi connectivity index (χ0v) is 12.4. The second kappa shape index (κ2) is 6.13. The average Bonchev–Trinajstić information content (AvgIpc) is 2.46. The molecule has 0 bridgehead atoms. The first-order valence-corrected chi connectivity index (χ1v) is 6.65.